The van der Waals surface area contributed by atoms with Crippen molar-refractivity contribution in [3.05, 3.63) is 53.6 Å². The highest BCUT2D eigenvalue weighted by Crippen LogP contribution is 2.09. The standard InChI is InChI=1S/C17H20N4O/c18-13-15-2-1-3-16(12-15)14-21-7-5-19-17(21)4-6-20-8-10-22-11-9-20/h1-3,5,7,12H,4,6,8-11,14H2. The molecule has 0 atom stereocenters. The molecule has 1 fully saturated rings. The molecule has 0 N–H and O–H groups in total. The first kappa shape index (κ1) is 14.8. The van der Waals surface area contributed by atoms with Crippen molar-refractivity contribution in [3.8, 4) is 6.07 Å². The highest BCUT2D eigenvalue weighted by Gasteiger charge is 2.12. The SMILES string of the molecule is N#Cc1cccc(Cn2ccnc2CCN2CCOCC2)c1. The fourth-order valence-corrected chi connectivity index (χ4v) is 2.73. The zero-order chi connectivity index (χ0) is 15.2. The summed E-state index contributed by atoms with van der Waals surface area (Å²) in [5.74, 6) is 1.09. The van der Waals surface area contributed by atoms with E-state index >= 15 is 0 Å². The van der Waals surface area contributed by atoms with E-state index in [4.69, 9.17) is 10.00 Å². The summed E-state index contributed by atoms with van der Waals surface area (Å²) in [6.07, 6.45) is 4.79. The van der Waals surface area contributed by atoms with Gasteiger partial charge in [0.15, 0.2) is 0 Å². The molecule has 0 spiro atoms. The number of benzene rings is 1. The summed E-state index contributed by atoms with van der Waals surface area (Å²) in [6, 6.07) is 9.93. The van der Waals surface area contributed by atoms with E-state index in [1.807, 2.05) is 36.7 Å². The number of nitrogens with zero attached hydrogens (tertiary/aromatic N) is 4. The van der Waals surface area contributed by atoms with E-state index in [0.29, 0.717) is 5.56 Å². The molecule has 1 aliphatic heterocycles. The summed E-state index contributed by atoms with van der Waals surface area (Å²) < 4.78 is 7.54. The molecule has 1 aliphatic rings. The highest BCUT2D eigenvalue weighted by atomic mass is 16.5. The quantitative estimate of drug-likeness (QED) is 0.842. The van der Waals surface area contributed by atoms with Gasteiger partial charge in [0, 0.05) is 45.0 Å². The Kier molecular flexibility index (Phi) is 4.84. The van der Waals surface area contributed by atoms with Gasteiger partial charge in [-0.1, -0.05) is 12.1 Å². The molecule has 0 unspecified atom stereocenters. The minimum atomic E-state index is 0.701. The molecule has 1 saturated heterocycles. The van der Waals surface area contributed by atoms with E-state index < -0.39 is 0 Å². The van der Waals surface area contributed by atoms with E-state index in [0.717, 1.165) is 57.2 Å². The lowest BCUT2D eigenvalue weighted by atomic mass is 10.1. The normalized spacial score (nSPS) is 15.6. The molecule has 2 heterocycles. The van der Waals surface area contributed by atoms with Crippen LogP contribution in [0.5, 0.6) is 0 Å². The van der Waals surface area contributed by atoms with Gasteiger partial charge in [0.25, 0.3) is 0 Å². The summed E-state index contributed by atoms with van der Waals surface area (Å²) in [4.78, 5) is 6.89. The Bertz CT molecular complexity index is 653. The summed E-state index contributed by atoms with van der Waals surface area (Å²) in [5, 5.41) is 8.99. The molecule has 1 aromatic heterocycles. The number of nitriles is 1. The molecule has 0 radical (unpaired) electrons. The molecule has 0 saturated carbocycles. The monoisotopic (exact) mass is 296 g/mol. The van der Waals surface area contributed by atoms with E-state index in [9.17, 15) is 0 Å². The maximum atomic E-state index is 8.99. The second-order valence-electron chi connectivity index (χ2n) is 5.49. The number of hydrogen-bond donors (Lipinski definition) is 0. The van der Waals surface area contributed by atoms with Crippen LogP contribution in [-0.2, 0) is 17.7 Å². The van der Waals surface area contributed by atoms with Crippen LogP contribution >= 0.6 is 0 Å². The Morgan fingerprint density at radius 3 is 2.95 bits per heavy atom. The van der Waals surface area contributed by atoms with Crippen LogP contribution in [0.4, 0.5) is 0 Å². The van der Waals surface area contributed by atoms with Gasteiger partial charge in [-0.3, -0.25) is 4.90 Å². The van der Waals surface area contributed by atoms with Crippen molar-refractivity contribution >= 4 is 0 Å². The van der Waals surface area contributed by atoms with Crippen LogP contribution in [0.25, 0.3) is 0 Å². The molecule has 1 aromatic carbocycles. The van der Waals surface area contributed by atoms with Crippen LogP contribution in [0.2, 0.25) is 0 Å². The van der Waals surface area contributed by atoms with Gasteiger partial charge < -0.3 is 9.30 Å². The predicted octanol–water partition coefficient (Wildman–Crippen LogP) is 1.68. The maximum Gasteiger partial charge on any atom is 0.110 e. The molecule has 2 aromatic rings. The lowest BCUT2D eigenvalue weighted by Crippen LogP contribution is -2.37. The second-order valence-corrected chi connectivity index (χ2v) is 5.49. The summed E-state index contributed by atoms with van der Waals surface area (Å²) in [7, 11) is 0. The van der Waals surface area contributed by atoms with Gasteiger partial charge in [-0.25, -0.2) is 4.98 Å². The van der Waals surface area contributed by atoms with E-state index in [1.165, 1.54) is 0 Å². The molecule has 0 amide bonds. The zero-order valence-corrected chi connectivity index (χ0v) is 12.6. The fourth-order valence-electron chi connectivity index (χ4n) is 2.73. The van der Waals surface area contributed by atoms with Crippen molar-refractivity contribution in [2.45, 2.75) is 13.0 Å². The lowest BCUT2D eigenvalue weighted by molar-refractivity contribution is 0.0381. The first-order chi connectivity index (χ1) is 10.8. The Balaban J connectivity index is 1.62. The van der Waals surface area contributed by atoms with Gasteiger partial charge in [0.2, 0.25) is 0 Å². The van der Waals surface area contributed by atoms with Crippen molar-refractivity contribution < 1.29 is 4.74 Å². The largest absolute Gasteiger partial charge is 0.379 e. The Labute approximate surface area is 130 Å². The Morgan fingerprint density at radius 1 is 1.27 bits per heavy atom. The minimum Gasteiger partial charge on any atom is -0.379 e. The van der Waals surface area contributed by atoms with Crippen molar-refractivity contribution in [3.63, 3.8) is 0 Å². The zero-order valence-electron chi connectivity index (χ0n) is 12.6. The topological polar surface area (TPSA) is 54.1 Å². The number of ether oxygens (including phenoxy) is 1. The van der Waals surface area contributed by atoms with Crippen LogP contribution in [-0.4, -0.2) is 47.3 Å². The van der Waals surface area contributed by atoms with Crippen molar-refractivity contribution in [1.29, 1.82) is 5.26 Å². The number of hydrogen-bond acceptors (Lipinski definition) is 4. The summed E-state index contributed by atoms with van der Waals surface area (Å²) in [6.45, 7) is 5.44. The number of rotatable bonds is 5. The first-order valence-corrected chi connectivity index (χ1v) is 7.64. The van der Waals surface area contributed by atoms with E-state index in [-0.39, 0.29) is 0 Å². The number of aromatic nitrogens is 2. The molecule has 0 bridgehead atoms. The highest BCUT2D eigenvalue weighted by molar-refractivity contribution is 5.32. The summed E-state index contributed by atoms with van der Waals surface area (Å²) in [5.41, 5.74) is 1.83. The van der Waals surface area contributed by atoms with Crippen LogP contribution in [0.3, 0.4) is 0 Å². The van der Waals surface area contributed by atoms with Crippen molar-refractivity contribution in [2.24, 2.45) is 0 Å². The summed E-state index contributed by atoms with van der Waals surface area (Å²) >= 11 is 0. The predicted molar refractivity (Wildman–Crippen MR) is 83.4 cm³/mol. The van der Waals surface area contributed by atoms with Crippen molar-refractivity contribution in [1.82, 2.24) is 14.5 Å². The van der Waals surface area contributed by atoms with Gasteiger partial charge in [-0.05, 0) is 17.7 Å². The second kappa shape index (κ2) is 7.21. The van der Waals surface area contributed by atoms with Crippen LogP contribution in [0, 0.1) is 11.3 Å². The molecule has 3 rings (SSSR count). The van der Waals surface area contributed by atoms with Crippen molar-refractivity contribution in [2.75, 3.05) is 32.8 Å². The van der Waals surface area contributed by atoms with Gasteiger partial charge in [-0.2, -0.15) is 5.26 Å². The Hall–Kier alpha value is -2.16. The molecule has 0 aliphatic carbocycles. The van der Waals surface area contributed by atoms with Gasteiger partial charge in [0.05, 0.1) is 24.8 Å². The minimum absolute atomic E-state index is 0.701. The van der Waals surface area contributed by atoms with Crippen LogP contribution in [0.15, 0.2) is 36.7 Å². The average Bonchev–Trinajstić information content (AvgIpc) is 3.01. The first-order valence-electron chi connectivity index (χ1n) is 7.64. The number of imidazole rings is 1. The smallest absolute Gasteiger partial charge is 0.110 e. The molecule has 5 nitrogen and oxygen atoms in total. The van der Waals surface area contributed by atoms with Gasteiger partial charge >= 0.3 is 0 Å². The third-order valence-electron chi connectivity index (χ3n) is 3.97. The molecule has 22 heavy (non-hydrogen) atoms. The van der Waals surface area contributed by atoms with E-state index in [1.54, 1.807) is 0 Å². The maximum absolute atomic E-state index is 8.99. The van der Waals surface area contributed by atoms with Gasteiger partial charge in [-0.15, -0.1) is 0 Å². The molecular formula is C17H20N4O. The lowest BCUT2D eigenvalue weighted by Gasteiger charge is -2.26. The van der Waals surface area contributed by atoms with Crippen LogP contribution < -0.4 is 0 Å². The van der Waals surface area contributed by atoms with E-state index in [2.05, 4.69) is 20.5 Å². The van der Waals surface area contributed by atoms with Gasteiger partial charge in [0.1, 0.15) is 5.82 Å². The third-order valence-corrected chi connectivity index (χ3v) is 3.97. The number of morpholine rings is 1. The average molecular weight is 296 g/mol. The Morgan fingerprint density at radius 2 is 2.14 bits per heavy atom. The molecule has 5 heteroatoms. The molecular weight excluding hydrogens is 276 g/mol. The van der Waals surface area contributed by atoms with Crippen LogP contribution in [0.1, 0.15) is 17.0 Å². The third kappa shape index (κ3) is 3.73. The fraction of sp³-hybridized carbons (Fsp3) is 0.412. The molecule has 114 valence electrons.